The second-order valence-corrected chi connectivity index (χ2v) is 6.80. The van der Waals surface area contributed by atoms with Crippen molar-refractivity contribution < 1.29 is 17.6 Å². The van der Waals surface area contributed by atoms with Gasteiger partial charge in [-0.15, -0.1) is 0 Å². The first-order chi connectivity index (χ1) is 12.9. The number of anilines is 1. The molecule has 1 atom stereocenters. The predicted molar refractivity (Wildman–Crippen MR) is 97.6 cm³/mol. The Labute approximate surface area is 154 Å². The summed E-state index contributed by atoms with van der Waals surface area (Å²) in [6.07, 6.45) is -0.808. The molecule has 2 nitrogen and oxygen atoms in total. The first-order valence-electron chi connectivity index (χ1n) is 8.82. The van der Waals surface area contributed by atoms with E-state index in [2.05, 4.69) is 9.89 Å². The number of nitrogens with zero attached hydrogens (tertiary/aromatic N) is 2. The summed E-state index contributed by atoms with van der Waals surface area (Å²) in [7, 11) is 0. The van der Waals surface area contributed by atoms with Crippen molar-refractivity contribution in [2.45, 2.75) is 25.1 Å². The second-order valence-electron chi connectivity index (χ2n) is 6.80. The number of benzene rings is 2. The third-order valence-electron chi connectivity index (χ3n) is 5.19. The number of halogens is 4. The lowest BCUT2D eigenvalue weighted by atomic mass is 9.85. The molecule has 0 spiro atoms. The molecule has 0 aliphatic carbocycles. The molecule has 0 N–H and O–H groups in total. The second kappa shape index (κ2) is 6.83. The zero-order valence-electron chi connectivity index (χ0n) is 14.5. The lowest BCUT2D eigenvalue weighted by molar-refractivity contribution is -0.137. The first kappa shape index (κ1) is 17.8. The molecule has 4 rings (SSSR count). The average Bonchev–Trinajstić information content (AvgIpc) is 2.67. The number of hydrogen-bond acceptors (Lipinski definition) is 2. The highest BCUT2D eigenvalue weighted by Crippen LogP contribution is 2.41. The molecule has 2 aliphatic heterocycles. The van der Waals surface area contributed by atoms with Gasteiger partial charge in [-0.25, -0.2) is 4.39 Å². The van der Waals surface area contributed by atoms with E-state index in [0.717, 1.165) is 48.3 Å². The first-order valence-corrected chi connectivity index (χ1v) is 8.82. The van der Waals surface area contributed by atoms with E-state index in [1.807, 2.05) is 6.21 Å². The van der Waals surface area contributed by atoms with E-state index in [-0.39, 0.29) is 11.9 Å². The SMILES string of the molecule is Fc1ccc(N2CCC3=C(CN=CC3)C2c2ccc(C(F)(F)F)cc2)cc1. The summed E-state index contributed by atoms with van der Waals surface area (Å²) in [5, 5.41) is 0. The molecule has 0 aromatic heterocycles. The van der Waals surface area contributed by atoms with E-state index in [0.29, 0.717) is 6.54 Å². The third kappa shape index (κ3) is 3.48. The molecule has 0 radical (unpaired) electrons. The lowest BCUT2D eigenvalue weighted by Gasteiger charge is -2.41. The molecule has 0 fully saturated rings. The van der Waals surface area contributed by atoms with E-state index >= 15 is 0 Å². The van der Waals surface area contributed by atoms with Crippen LogP contribution in [0.25, 0.3) is 0 Å². The molecule has 1 unspecified atom stereocenters. The van der Waals surface area contributed by atoms with Crippen LogP contribution in [0.2, 0.25) is 0 Å². The minimum atomic E-state index is -4.36. The Morgan fingerprint density at radius 1 is 0.963 bits per heavy atom. The maximum atomic E-state index is 13.3. The van der Waals surface area contributed by atoms with Gasteiger partial charge in [0.05, 0.1) is 18.2 Å². The number of rotatable bonds is 2. The molecule has 0 saturated carbocycles. The van der Waals surface area contributed by atoms with Gasteiger partial charge in [0.1, 0.15) is 5.82 Å². The zero-order valence-corrected chi connectivity index (χ0v) is 14.5. The standard InChI is InChI=1S/C21H18F4N2/c22-17-5-7-18(8-6-17)27-12-10-14-9-11-26-13-19(14)20(27)15-1-3-16(4-2-15)21(23,24)25/h1-8,11,20H,9-10,12-13H2. The number of dihydropyridines is 1. The summed E-state index contributed by atoms with van der Waals surface area (Å²) in [6.45, 7) is 1.27. The maximum Gasteiger partial charge on any atom is 0.416 e. The number of aliphatic imine (C=N–C) groups is 1. The van der Waals surface area contributed by atoms with Gasteiger partial charge in [-0.3, -0.25) is 4.99 Å². The Morgan fingerprint density at radius 3 is 2.33 bits per heavy atom. The minimum absolute atomic E-state index is 0.195. The highest BCUT2D eigenvalue weighted by Gasteiger charge is 2.34. The highest BCUT2D eigenvalue weighted by molar-refractivity contribution is 5.66. The van der Waals surface area contributed by atoms with Crippen molar-refractivity contribution in [1.82, 2.24) is 0 Å². The molecule has 0 saturated heterocycles. The van der Waals surface area contributed by atoms with Crippen LogP contribution in [0.1, 0.15) is 30.0 Å². The van der Waals surface area contributed by atoms with E-state index in [1.165, 1.54) is 29.8 Å². The predicted octanol–water partition coefficient (Wildman–Crippen LogP) is 5.57. The van der Waals surface area contributed by atoms with Gasteiger partial charge < -0.3 is 4.90 Å². The van der Waals surface area contributed by atoms with Crippen LogP contribution in [0.3, 0.4) is 0 Å². The molecule has 6 heteroatoms. The fraction of sp³-hybridized carbons (Fsp3) is 0.286. The highest BCUT2D eigenvalue weighted by atomic mass is 19.4. The molecule has 27 heavy (non-hydrogen) atoms. The van der Waals surface area contributed by atoms with Gasteiger partial charge in [-0.05, 0) is 54.0 Å². The summed E-state index contributed by atoms with van der Waals surface area (Å²) < 4.78 is 52.2. The van der Waals surface area contributed by atoms with Crippen molar-refractivity contribution >= 4 is 11.9 Å². The summed E-state index contributed by atoms with van der Waals surface area (Å²) in [4.78, 5) is 6.51. The third-order valence-corrected chi connectivity index (χ3v) is 5.19. The van der Waals surface area contributed by atoms with Crippen LogP contribution in [-0.4, -0.2) is 19.3 Å². The summed E-state index contributed by atoms with van der Waals surface area (Å²) in [5.74, 6) is -0.316. The Morgan fingerprint density at radius 2 is 1.67 bits per heavy atom. The molecule has 2 aromatic rings. The topological polar surface area (TPSA) is 15.6 Å². The van der Waals surface area contributed by atoms with Crippen molar-refractivity contribution in [1.29, 1.82) is 0 Å². The smallest absolute Gasteiger partial charge is 0.360 e. The van der Waals surface area contributed by atoms with Gasteiger partial charge in [-0.2, -0.15) is 13.2 Å². The summed E-state index contributed by atoms with van der Waals surface area (Å²) in [5.41, 5.74) is 3.41. The van der Waals surface area contributed by atoms with Crippen molar-refractivity contribution in [2.24, 2.45) is 4.99 Å². The van der Waals surface area contributed by atoms with E-state index in [4.69, 9.17) is 0 Å². The van der Waals surface area contributed by atoms with Crippen LogP contribution in [0.4, 0.5) is 23.2 Å². The summed E-state index contributed by atoms with van der Waals surface area (Å²) in [6, 6.07) is 11.4. The molecule has 2 heterocycles. The van der Waals surface area contributed by atoms with Crippen molar-refractivity contribution in [3.05, 3.63) is 76.6 Å². The molecular formula is C21H18F4N2. The van der Waals surface area contributed by atoms with Gasteiger partial charge in [-0.1, -0.05) is 17.7 Å². The maximum absolute atomic E-state index is 13.3. The van der Waals surface area contributed by atoms with Crippen LogP contribution in [0.5, 0.6) is 0 Å². The molecular weight excluding hydrogens is 356 g/mol. The minimum Gasteiger partial charge on any atom is -0.360 e. The zero-order chi connectivity index (χ0) is 19.0. The molecule has 140 valence electrons. The lowest BCUT2D eigenvalue weighted by Crippen LogP contribution is -2.37. The molecule has 2 aliphatic rings. The van der Waals surface area contributed by atoms with Crippen molar-refractivity contribution in [3.8, 4) is 0 Å². The van der Waals surface area contributed by atoms with Gasteiger partial charge in [0.25, 0.3) is 0 Å². The van der Waals surface area contributed by atoms with E-state index in [1.54, 1.807) is 12.1 Å². The fourth-order valence-corrected chi connectivity index (χ4v) is 3.84. The molecule has 0 bridgehead atoms. The fourth-order valence-electron chi connectivity index (χ4n) is 3.84. The monoisotopic (exact) mass is 374 g/mol. The number of alkyl halides is 3. The van der Waals surface area contributed by atoms with E-state index in [9.17, 15) is 17.6 Å². The van der Waals surface area contributed by atoms with Gasteiger partial charge in [0, 0.05) is 24.9 Å². The normalized spacial score (nSPS) is 20.0. The molecule has 2 aromatic carbocycles. The number of hydrogen-bond donors (Lipinski definition) is 0. The van der Waals surface area contributed by atoms with Crippen LogP contribution in [-0.2, 0) is 6.18 Å². The van der Waals surface area contributed by atoms with Gasteiger partial charge in [0.2, 0.25) is 0 Å². The average molecular weight is 374 g/mol. The Bertz CT molecular complexity index is 880. The van der Waals surface area contributed by atoms with Crippen LogP contribution in [0.15, 0.2) is 64.7 Å². The van der Waals surface area contributed by atoms with E-state index < -0.39 is 11.7 Å². The van der Waals surface area contributed by atoms with Crippen molar-refractivity contribution in [3.63, 3.8) is 0 Å². The van der Waals surface area contributed by atoms with Crippen LogP contribution >= 0.6 is 0 Å². The molecule has 0 amide bonds. The van der Waals surface area contributed by atoms with Crippen molar-refractivity contribution in [2.75, 3.05) is 18.0 Å². The Balaban J connectivity index is 1.76. The Hall–Kier alpha value is -2.63. The quantitative estimate of drug-likeness (QED) is 0.496. The largest absolute Gasteiger partial charge is 0.416 e. The van der Waals surface area contributed by atoms with Gasteiger partial charge in [0.15, 0.2) is 0 Å². The summed E-state index contributed by atoms with van der Waals surface area (Å²) >= 11 is 0. The Kier molecular flexibility index (Phi) is 4.50. The van der Waals surface area contributed by atoms with Crippen LogP contribution < -0.4 is 4.90 Å². The van der Waals surface area contributed by atoms with Crippen LogP contribution in [0, 0.1) is 5.82 Å². The van der Waals surface area contributed by atoms with Gasteiger partial charge >= 0.3 is 6.18 Å².